The van der Waals surface area contributed by atoms with E-state index in [4.69, 9.17) is 10.8 Å². The zero-order valence-electron chi connectivity index (χ0n) is 10.1. The minimum absolute atomic E-state index is 0.150. The zero-order chi connectivity index (χ0) is 11.6. The minimum Gasteiger partial charge on any atom is -0.413 e. The van der Waals surface area contributed by atoms with Crippen LogP contribution in [0.3, 0.4) is 0 Å². The highest BCUT2D eigenvalue weighted by atomic mass is 28.4. The second-order valence-electron chi connectivity index (χ2n) is 5.47. The summed E-state index contributed by atoms with van der Waals surface area (Å²) in [7, 11) is -1.79. The Balaban J connectivity index is 4.36. The first-order valence-electron chi connectivity index (χ1n) is 4.86. The van der Waals surface area contributed by atoms with Crippen molar-refractivity contribution >= 4 is 8.32 Å². The van der Waals surface area contributed by atoms with Crippen molar-refractivity contribution in [2.45, 2.75) is 51.4 Å². The monoisotopic (exact) mass is 214 g/mol. The Morgan fingerprint density at radius 3 is 2.00 bits per heavy atom. The quantitative estimate of drug-likeness (QED) is 0.577. The van der Waals surface area contributed by atoms with Crippen molar-refractivity contribution in [3.05, 3.63) is 0 Å². The van der Waals surface area contributed by atoms with Crippen LogP contribution in [-0.4, -0.2) is 25.6 Å². The summed E-state index contributed by atoms with van der Waals surface area (Å²) < 4.78 is 5.80. The van der Waals surface area contributed by atoms with E-state index < -0.39 is 13.9 Å². The zero-order valence-corrected chi connectivity index (χ0v) is 11.1. The van der Waals surface area contributed by atoms with Gasteiger partial charge in [0.2, 0.25) is 0 Å². The summed E-state index contributed by atoms with van der Waals surface area (Å²) >= 11 is 0. The molecule has 0 amide bonds. The SMILES string of the molecule is C#C[C@](C)(O)CO[Si](C)(C)C(C)(C)C. The number of aliphatic hydroxyl groups is 1. The molecule has 0 aromatic rings. The van der Waals surface area contributed by atoms with Crippen molar-refractivity contribution in [2.24, 2.45) is 0 Å². The van der Waals surface area contributed by atoms with Gasteiger partial charge in [-0.3, -0.25) is 0 Å². The fraction of sp³-hybridized carbons (Fsp3) is 0.818. The molecule has 0 heterocycles. The number of hydrogen-bond donors (Lipinski definition) is 1. The van der Waals surface area contributed by atoms with Gasteiger partial charge in [-0.1, -0.05) is 26.7 Å². The van der Waals surface area contributed by atoms with Gasteiger partial charge in [-0.2, -0.15) is 0 Å². The second-order valence-corrected chi connectivity index (χ2v) is 10.3. The lowest BCUT2D eigenvalue weighted by Crippen LogP contribution is -2.44. The molecular formula is C11H22O2Si. The molecule has 0 fully saturated rings. The summed E-state index contributed by atoms with van der Waals surface area (Å²) in [5, 5.41) is 9.76. The Hall–Kier alpha value is -0.303. The molecule has 82 valence electrons. The molecule has 0 aromatic heterocycles. The fourth-order valence-corrected chi connectivity index (χ4v) is 1.65. The summed E-state index contributed by atoms with van der Waals surface area (Å²) in [5.74, 6) is 2.32. The molecule has 0 aromatic carbocycles. The lowest BCUT2D eigenvalue weighted by molar-refractivity contribution is 0.0569. The Morgan fingerprint density at radius 2 is 1.71 bits per heavy atom. The second kappa shape index (κ2) is 4.06. The number of terminal acetylenes is 1. The Kier molecular flexibility index (Phi) is 3.97. The molecule has 0 spiro atoms. The first-order chi connectivity index (χ1) is 6.02. The average Bonchev–Trinajstić information content (AvgIpc) is 1.99. The third kappa shape index (κ3) is 3.83. The smallest absolute Gasteiger partial charge is 0.192 e. The van der Waals surface area contributed by atoms with E-state index in [-0.39, 0.29) is 11.6 Å². The maximum absolute atomic E-state index is 9.61. The van der Waals surface area contributed by atoms with Crippen LogP contribution in [-0.2, 0) is 4.43 Å². The van der Waals surface area contributed by atoms with E-state index in [1.54, 1.807) is 6.92 Å². The summed E-state index contributed by atoms with van der Waals surface area (Å²) in [6.45, 7) is 12.6. The molecule has 0 saturated carbocycles. The average molecular weight is 214 g/mol. The van der Waals surface area contributed by atoms with Crippen molar-refractivity contribution in [3.8, 4) is 12.3 Å². The molecule has 2 nitrogen and oxygen atoms in total. The summed E-state index contributed by atoms with van der Waals surface area (Å²) in [6.07, 6.45) is 5.18. The van der Waals surface area contributed by atoms with Crippen molar-refractivity contribution in [2.75, 3.05) is 6.61 Å². The van der Waals surface area contributed by atoms with Crippen LogP contribution >= 0.6 is 0 Å². The summed E-state index contributed by atoms with van der Waals surface area (Å²) in [6, 6.07) is 0. The first-order valence-corrected chi connectivity index (χ1v) is 7.77. The predicted octanol–water partition coefficient (Wildman–Crippen LogP) is 2.39. The highest BCUT2D eigenvalue weighted by Crippen LogP contribution is 2.36. The Labute approximate surface area is 88.8 Å². The first kappa shape index (κ1) is 13.7. The summed E-state index contributed by atoms with van der Waals surface area (Å²) in [5.41, 5.74) is -1.14. The minimum atomic E-state index is -1.79. The predicted molar refractivity (Wildman–Crippen MR) is 62.6 cm³/mol. The normalized spacial score (nSPS) is 17.3. The van der Waals surface area contributed by atoms with E-state index in [1.165, 1.54) is 0 Å². The molecule has 0 saturated heterocycles. The maximum Gasteiger partial charge on any atom is 0.192 e. The van der Waals surface area contributed by atoms with Crippen LogP contribution in [0.25, 0.3) is 0 Å². The van der Waals surface area contributed by atoms with Crippen LogP contribution in [0.4, 0.5) is 0 Å². The van der Waals surface area contributed by atoms with Gasteiger partial charge in [-0.15, -0.1) is 6.42 Å². The van der Waals surface area contributed by atoms with Gasteiger partial charge in [0.05, 0.1) is 6.61 Å². The molecule has 3 heteroatoms. The molecule has 0 radical (unpaired) electrons. The van der Waals surface area contributed by atoms with Gasteiger partial charge in [0.1, 0.15) is 5.60 Å². The largest absolute Gasteiger partial charge is 0.413 e. The molecule has 0 unspecified atom stereocenters. The topological polar surface area (TPSA) is 29.5 Å². The van der Waals surface area contributed by atoms with Crippen molar-refractivity contribution in [3.63, 3.8) is 0 Å². The van der Waals surface area contributed by atoms with E-state index in [1.807, 2.05) is 0 Å². The third-order valence-electron chi connectivity index (χ3n) is 2.83. The highest BCUT2D eigenvalue weighted by Gasteiger charge is 2.38. The van der Waals surface area contributed by atoms with Crippen molar-refractivity contribution in [1.82, 2.24) is 0 Å². The van der Waals surface area contributed by atoms with Gasteiger partial charge in [-0.05, 0) is 25.1 Å². The maximum atomic E-state index is 9.61. The standard InChI is InChI=1S/C11H22O2Si/c1-8-11(5,12)9-13-14(6,7)10(2,3)4/h1,12H,9H2,2-7H3/t11-/m0/s1. The highest BCUT2D eigenvalue weighted by molar-refractivity contribution is 6.74. The van der Waals surface area contributed by atoms with E-state index >= 15 is 0 Å². The van der Waals surface area contributed by atoms with Gasteiger partial charge in [0.15, 0.2) is 8.32 Å². The van der Waals surface area contributed by atoms with Crippen LogP contribution < -0.4 is 0 Å². The van der Waals surface area contributed by atoms with Gasteiger partial charge in [0, 0.05) is 0 Å². The molecule has 14 heavy (non-hydrogen) atoms. The Bertz CT molecular complexity index is 231. The third-order valence-corrected chi connectivity index (χ3v) is 7.31. The van der Waals surface area contributed by atoms with E-state index in [2.05, 4.69) is 39.8 Å². The molecule has 0 aliphatic carbocycles. The lowest BCUT2D eigenvalue weighted by atomic mass is 10.1. The molecule has 1 N–H and O–H groups in total. The van der Waals surface area contributed by atoms with E-state index in [0.717, 1.165) is 0 Å². The number of rotatable bonds is 3. The van der Waals surface area contributed by atoms with Gasteiger partial charge in [0.25, 0.3) is 0 Å². The van der Waals surface area contributed by atoms with Crippen LogP contribution in [0.5, 0.6) is 0 Å². The van der Waals surface area contributed by atoms with E-state index in [9.17, 15) is 5.11 Å². The molecule has 1 atom stereocenters. The van der Waals surface area contributed by atoms with Crippen LogP contribution in [0.2, 0.25) is 18.1 Å². The van der Waals surface area contributed by atoms with Crippen LogP contribution in [0, 0.1) is 12.3 Å². The number of hydrogen-bond acceptors (Lipinski definition) is 2. The summed E-state index contributed by atoms with van der Waals surface area (Å²) in [4.78, 5) is 0. The van der Waals surface area contributed by atoms with E-state index in [0.29, 0.717) is 0 Å². The molecular weight excluding hydrogens is 192 g/mol. The van der Waals surface area contributed by atoms with Gasteiger partial charge >= 0.3 is 0 Å². The fourth-order valence-electron chi connectivity index (χ4n) is 0.579. The lowest BCUT2D eigenvalue weighted by Gasteiger charge is -2.37. The van der Waals surface area contributed by atoms with Crippen LogP contribution in [0.1, 0.15) is 27.7 Å². The molecule has 0 aliphatic rings. The van der Waals surface area contributed by atoms with Crippen molar-refractivity contribution in [1.29, 1.82) is 0 Å². The van der Waals surface area contributed by atoms with Crippen LogP contribution in [0.15, 0.2) is 0 Å². The van der Waals surface area contributed by atoms with Gasteiger partial charge in [-0.25, -0.2) is 0 Å². The molecule has 0 aliphatic heterocycles. The van der Waals surface area contributed by atoms with Gasteiger partial charge < -0.3 is 9.53 Å². The Morgan fingerprint density at radius 1 is 1.29 bits per heavy atom. The van der Waals surface area contributed by atoms with Crippen molar-refractivity contribution < 1.29 is 9.53 Å². The molecule has 0 bridgehead atoms. The molecule has 0 rings (SSSR count).